The molecule has 1 nitrogen and oxygen atoms in total. The van der Waals surface area contributed by atoms with Gasteiger partial charge in [-0.2, -0.15) is 0 Å². The Morgan fingerprint density at radius 1 is 0.511 bits per heavy atom. The molecule has 0 spiro atoms. The third-order valence-corrected chi connectivity index (χ3v) is 20.0. The minimum atomic E-state index is -1.55. The summed E-state index contributed by atoms with van der Waals surface area (Å²) in [5, 5.41) is 0. The van der Waals surface area contributed by atoms with Gasteiger partial charge in [-0.05, 0) is 0 Å². The van der Waals surface area contributed by atoms with Gasteiger partial charge in [0.1, 0.15) is 0 Å². The smallest absolute Gasteiger partial charge is 2.00 e. The molecule has 0 amide bonds. The van der Waals surface area contributed by atoms with Crippen LogP contribution in [0.2, 0.25) is 19.6 Å². The van der Waals surface area contributed by atoms with Gasteiger partial charge in [-0.3, -0.25) is 0 Å². The second-order valence-corrected chi connectivity index (χ2v) is 26.5. The van der Waals surface area contributed by atoms with Crippen LogP contribution in [-0.2, 0) is 17.1 Å². The second kappa shape index (κ2) is 17.7. The number of benzene rings is 4. The van der Waals surface area contributed by atoms with Gasteiger partial charge < -0.3 is 0 Å². The van der Waals surface area contributed by atoms with Crippen LogP contribution in [0.25, 0.3) is 0 Å². The predicted molar refractivity (Wildman–Crippen MR) is 196 cm³/mol. The molecule has 4 aromatic carbocycles. The molecule has 4 aromatic rings. The predicted octanol–water partition coefficient (Wildman–Crippen LogP) is 5.66. The SMILES string of the molecule is CN(C)C[C]1[C]([As](c2ccccc2)c2ccccc2)[CH][CH][C]1[Si](C)(C)C.[CH]1[CH][CH][C]([As](c2ccccc2)c2ccccc2)[CH]1.[Fe+2]. The van der Waals surface area contributed by atoms with Crippen molar-refractivity contribution in [3.8, 4) is 0 Å². The summed E-state index contributed by atoms with van der Waals surface area (Å²) in [4.78, 5) is 2.32. The molecule has 2 saturated carbocycles. The monoisotopic (exact) mass is 771 g/mol. The zero-order valence-electron chi connectivity index (χ0n) is 26.9. The van der Waals surface area contributed by atoms with Crippen molar-refractivity contribution in [2.24, 2.45) is 0 Å². The van der Waals surface area contributed by atoms with E-state index in [0.29, 0.717) is 0 Å². The van der Waals surface area contributed by atoms with Gasteiger partial charge in [0.2, 0.25) is 0 Å². The molecule has 228 valence electrons. The van der Waals surface area contributed by atoms with Gasteiger partial charge in [0.05, 0.1) is 0 Å². The van der Waals surface area contributed by atoms with E-state index in [2.05, 4.69) is 198 Å². The molecule has 45 heavy (non-hydrogen) atoms. The van der Waals surface area contributed by atoms with Gasteiger partial charge in [0.15, 0.2) is 0 Å². The normalized spacial score (nSPS) is 16.6. The average Bonchev–Trinajstić information content (AvgIpc) is 3.71. The quantitative estimate of drug-likeness (QED) is 0.199. The molecule has 0 aliphatic heterocycles. The van der Waals surface area contributed by atoms with Crippen molar-refractivity contribution in [2.45, 2.75) is 19.6 Å². The molecule has 6 rings (SSSR count). The van der Waals surface area contributed by atoms with E-state index in [1.54, 1.807) is 16.2 Å². The first kappa shape index (κ1) is 36.5. The van der Waals surface area contributed by atoms with Crippen molar-refractivity contribution in [3.63, 3.8) is 0 Å². The zero-order valence-corrected chi connectivity index (χ0v) is 32.8. The van der Waals surface area contributed by atoms with E-state index in [1.807, 2.05) is 0 Å². The maximum absolute atomic E-state index is 2.47. The number of hydrogen-bond acceptors (Lipinski definition) is 1. The van der Waals surface area contributed by atoms with Crippen LogP contribution in [0.3, 0.4) is 0 Å². The van der Waals surface area contributed by atoms with Crippen molar-refractivity contribution in [3.05, 3.63) is 181 Å². The van der Waals surface area contributed by atoms with Crippen molar-refractivity contribution < 1.29 is 17.1 Å². The van der Waals surface area contributed by atoms with Crippen LogP contribution in [0, 0.1) is 59.4 Å². The molecule has 0 unspecified atom stereocenters. The molecule has 2 aliphatic carbocycles. The number of nitrogens with zero attached hydrogens (tertiary/aromatic N) is 1. The largest absolute Gasteiger partial charge is 2.00 e. The van der Waals surface area contributed by atoms with Crippen LogP contribution in [0.15, 0.2) is 121 Å². The Hall–Kier alpha value is -1.31. The third kappa shape index (κ3) is 9.86. The Bertz CT molecular complexity index is 1300. The fourth-order valence-corrected chi connectivity index (χ4v) is 17.6. The van der Waals surface area contributed by atoms with E-state index in [9.17, 15) is 0 Å². The molecule has 0 heterocycles. The Kier molecular flexibility index (Phi) is 14.4. The van der Waals surface area contributed by atoms with Crippen molar-refractivity contribution in [1.29, 1.82) is 0 Å². The van der Waals surface area contributed by atoms with Gasteiger partial charge in [0.25, 0.3) is 0 Å². The molecule has 0 N–H and O–H groups in total. The van der Waals surface area contributed by atoms with Crippen molar-refractivity contribution >= 4 is 54.8 Å². The van der Waals surface area contributed by atoms with Crippen LogP contribution in [0.1, 0.15) is 0 Å². The molecule has 2 aliphatic rings. The Balaban J connectivity index is 0.000000213. The molecule has 0 bridgehead atoms. The fourth-order valence-electron chi connectivity index (χ4n) is 5.59. The summed E-state index contributed by atoms with van der Waals surface area (Å²) in [7, 11) is 3.00. The van der Waals surface area contributed by atoms with Crippen molar-refractivity contribution in [2.75, 3.05) is 20.6 Å². The summed E-state index contributed by atoms with van der Waals surface area (Å²) in [6.07, 6.45) is 13.7. The van der Waals surface area contributed by atoms with Crippen LogP contribution < -0.4 is 17.4 Å². The summed E-state index contributed by atoms with van der Waals surface area (Å²) in [5.74, 6) is 1.60. The molecular formula is C40H43As2FeNSi+2. The maximum Gasteiger partial charge on any atom is 2.00 e. The first-order chi connectivity index (χ1) is 21.3. The molecule has 2 fully saturated rings. The molecule has 5 heteroatoms. The standard InChI is InChI=1S/C23H29AsNSi.C17H14As.Fe/c1-25(2)18-21-22(16-17-23(21)26(3,4)5)24(19-12-8-6-9-13-19)20-14-10-7-11-15-20;1-3-9-15(10-4-1)18(17-13-7-8-14-17)16-11-5-2-6-12-16;/h6-17H,18H2,1-5H3;1-14H;/q;;+2. The van der Waals surface area contributed by atoms with Gasteiger partial charge in [0, 0.05) is 0 Å². The zero-order chi connectivity index (χ0) is 30.9. The van der Waals surface area contributed by atoms with E-state index in [1.165, 1.54) is 22.1 Å². The summed E-state index contributed by atoms with van der Waals surface area (Å²) in [6.45, 7) is 8.43. The van der Waals surface area contributed by atoms with Crippen LogP contribution >= 0.6 is 0 Å². The van der Waals surface area contributed by atoms with Crippen LogP contribution in [-0.4, -0.2) is 62.9 Å². The van der Waals surface area contributed by atoms with Crippen LogP contribution in [0.5, 0.6) is 0 Å². The molecule has 0 atom stereocenters. The first-order valence-corrected chi connectivity index (χ1v) is 24.4. The maximum atomic E-state index is 2.47. The summed E-state index contributed by atoms with van der Waals surface area (Å²) >= 11 is -2.89. The van der Waals surface area contributed by atoms with Gasteiger partial charge in [-0.15, -0.1) is 0 Å². The van der Waals surface area contributed by atoms with E-state index in [4.69, 9.17) is 0 Å². The van der Waals surface area contributed by atoms with Crippen LogP contribution in [0.4, 0.5) is 0 Å². The van der Waals surface area contributed by atoms with Gasteiger partial charge in [-0.1, -0.05) is 0 Å². The van der Waals surface area contributed by atoms with E-state index in [-0.39, 0.29) is 17.1 Å². The Morgan fingerprint density at radius 3 is 1.24 bits per heavy atom. The molecule has 0 aromatic heterocycles. The fraction of sp³-hybridized carbons (Fsp3) is 0.150. The number of rotatable bonds is 9. The van der Waals surface area contributed by atoms with Crippen molar-refractivity contribution in [1.82, 2.24) is 4.90 Å². The average molecular weight is 772 g/mol. The third-order valence-electron chi connectivity index (χ3n) is 7.53. The topological polar surface area (TPSA) is 3.24 Å². The summed E-state index contributed by atoms with van der Waals surface area (Å²) < 4.78 is 9.11. The van der Waals surface area contributed by atoms with Gasteiger partial charge >= 0.3 is 298 Å². The first-order valence-electron chi connectivity index (χ1n) is 15.3. The van der Waals surface area contributed by atoms with E-state index >= 15 is 0 Å². The number of hydrogen-bond donors (Lipinski definition) is 0. The molecule has 10 radical (unpaired) electrons. The molecule has 0 saturated heterocycles. The van der Waals surface area contributed by atoms with Gasteiger partial charge in [-0.25, -0.2) is 0 Å². The summed E-state index contributed by atoms with van der Waals surface area (Å²) in [5.41, 5.74) is 1.63. The second-order valence-electron chi connectivity index (χ2n) is 12.3. The Morgan fingerprint density at radius 2 is 0.889 bits per heavy atom. The minimum Gasteiger partial charge on any atom is 2.00 e. The minimum absolute atomic E-state index is 0. The molecular weight excluding hydrogens is 728 g/mol. The summed E-state index contributed by atoms with van der Waals surface area (Å²) in [6, 6.07) is 44.1. The Labute approximate surface area is 295 Å². The van der Waals surface area contributed by atoms with E-state index < -0.39 is 37.4 Å². The van der Waals surface area contributed by atoms with E-state index in [0.717, 1.165) is 6.54 Å².